The predicted octanol–water partition coefficient (Wildman–Crippen LogP) is 3.67. The summed E-state index contributed by atoms with van der Waals surface area (Å²) in [6, 6.07) is 11.8. The number of rotatable bonds is 10. The molecule has 7 nitrogen and oxygen atoms in total. The first kappa shape index (κ1) is 26.7. The van der Waals surface area contributed by atoms with E-state index in [4.69, 9.17) is 11.6 Å². The molecule has 0 bridgehead atoms. The molecule has 2 aromatic rings. The lowest BCUT2D eigenvalue weighted by Crippen LogP contribution is -2.52. The minimum absolute atomic E-state index is 0.183. The highest BCUT2D eigenvalue weighted by Crippen LogP contribution is 2.28. The Morgan fingerprint density at radius 2 is 1.76 bits per heavy atom. The lowest BCUT2D eigenvalue weighted by atomic mass is 10.1. The molecule has 0 aromatic heterocycles. The van der Waals surface area contributed by atoms with Gasteiger partial charge in [0.1, 0.15) is 12.6 Å². The molecule has 0 aliphatic heterocycles. The second kappa shape index (κ2) is 11.5. The summed E-state index contributed by atoms with van der Waals surface area (Å²) in [6.07, 6.45) is 1.44. The fourth-order valence-electron chi connectivity index (χ4n) is 3.68. The molecular weight excluding hydrogens is 462 g/mol. The van der Waals surface area contributed by atoms with Gasteiger partial charge in [0.25, 0.3) is 0 Å². The van der Waals surface area contributed by atoms with E-state index in [0.717, 1.165) is 21.7 Å². The van der Waals surface area contributed by atoms with Crippen LogP contribution in [0.3, 0.4) is 0 Å². The monoisotopic (exact) mass is 493 g/mol. The normalized spacial score (nSPS) is 12.2. The van der Waals surface area contributed by atoms with Crippen LogP contribution in [0.25, 0.3) is 0 Å². The predicted molar refractivity (Wildman–Crippen MR) is 133 cm³/mol. The molecule has 1 N–H and O–H groups in total. The number of nitrogens with one attached hydrogen (secondary N) is 1. The van der Waals surface area contributed by atoms with Crippen LogP contribution in [0.1, 0.15) is 37.0 Å². The molecule has 0 fully saturated rings. The fourth-order valence-corrected chi connectivity index (χ4v) is 4.75. The van der Waals surface area contributed by atoms with Crippen LogP contribution in [0.2, 0.25) is 5.02 Å². The van der Waals surface area contributed by atoms with Crippen molar-refractivity contribution in [2.45, 2.75) is 46.7 Å². The number of sulfonamides is 1. The van der Waals surface area contributed by atoms with Crippen molar-refractivity contribution in [2.75, 3.05) is 23.7 Å². The molecule has 2 amide bonds. The maximum atomic E-state index is 13.6. The zero-order valence-corrected chi connectivity index (χ0v) is 21.3. The molecule has 2 aromatic carbocycles. The molecule has 9 heteroatoms. The highest BCUT2D eigenvalue weighted by Gasteiger charge is 2.32. The number of hydrogen-bond donors (Lipinski definition) is 1. The van der Waals surface area contributed by atoms with Crippen molar-refractivity contribution >= 4 is 39.1 Å². The number of likely N-dealkylation sites (N-methyl/N-ethyl adjacent to an activating group) is 1. The van der Waals surface area contributed by atoms with Gasteiger partial charge in [-0.2, -0.15) is 0 Å². The van der Waals surface area contributed by atoms with Crippen LogP contribution in [-0.4, -0.2) is 50.5 Å². The summed E-state index contributed by atoms with van der Waals surface area (Å²) in [5.74, 6) is -0.745. The molecule has 0 radical (unpaired) electrons. The van der Waals surface area contributed by atoms with E-state index in [-0.39, 0.29) is 12.5 Å². The summed E-state index contributed by atoms with van der Waals surface area (Å²) in [7, 11) is -3.80. The highest BCUT2D eigenvalue weighted by molar-refractivity contribution is 7.92. The van der Waals surface area contributed by atoms with Crippen molar-refractivity contribution in [2.24, 2.45) is 0 Å². The molecule has 0 heterocycles. The fraction of sp³-hybridized carbons (Fsp3) is 0.417. The molecule has 0 saturated heterocycles. The van der Waals surface area contributed by atoms with Crippen molar-refractivity contribution in [3.05, 3.63) is 64.2 Å². The lowest BCUT2D eigenvalue weighted by molar-refractivity contribution is -0.140. The van der Waals surface area contributed by atoms with Gasteiger partial charge in [0, 0.05) is 18.1 Å². The third kappa shape index (κ3) is 6.95. The van der Waals surface area contributed by atoms with Crippen molar-refractivity contribution in [1.82, 2.24) is 10.2 Å². The molecule has 2 rings (SSSR count). The topological polar surface area (TPSA) is 86.8 Å². The van der Waals surface area contributed by atoms with Gasteiger partial charge in [0.2, 0.25) is 21.8 Å². The summed E-state index contributed by atoms with van der Waals surface area (Å²) in [6.45, 7) is 7.46. The zero-order valence-electron chi connectivity index (χ0n) is 19.8. The van der Waals surface area contributed by atoms with Crippen molar-refractivity contribution in [3.63, 3.8) is 0 Å². The van der Waals surface area contributed by atoms with Gasteiger partial charge in [-0.3, -0.25) is 13.9 Å². The largest absolute Gasteiger partial charge is 0.355 e. The van der Waals surface area contributed by atoms with Crippen molar-refractivity contribution in [3.8, 4) is 0 Å². The van der Waals surface area contributed by atoms with Crippen LogP contribution >= 0.6 is 11.6 Å². The molecule has 0 aliphatic rings. The van der Waals surface area contributed by atoms with E-state index in [1.807, 2.05) is 45.0 Å². The lowest BCUT2D eigenvalue weighted by Gasteiger charge is -2.33. The first-order valence-electron chi connectivity index (χ1n) is 10.8. The van der Waals surface area contributed by atoms with E-state index in [1.54, 1.807) is 25.1 Å². The molecular formula is C24H32ClN3O4S. The van der Waals surface area contributed by atoms with Crippen LogP contribution < -0.4 is 9.62 Å². The zero-order chi connectivity index (χ0) is 24.8. The number of benzene rings is 2. The van der Waals surface area contributed by atoms with Crippen LogP contribution in [0.5, 0.6) is 0 Å². The number of aryl methyl sites for hydroxylation is 1. The van der Waals surface area contributed by atoms with Crippen LogP contribution in [-0.2, 0) is 26.2 Å². The average molecular weight is 494 g/mol. The molecule has 180 valence electrons. The maximum Gasteiger partial charge on any atom is 0.244 e. The van der Waals surface area contributed by atoms with Gasteiger partial charge in [-0.1, -0.05) is 54.4 Å². The second-order valence-corrected chi connectivity index (χ2v) is 10.3. The minimum Gasteiger partial charge on any atom is -0.355 e. The van der Waals surface area contributed by atoms with Gasteiger partial charge in [-0.15, -0.1) is 0 Å². The summed E-state index contributed by atoms with van der Waals surface area (Å²) in [5, 5.41) is 3.18. The van der Waals surface area contributed by atoms with E-state index in [9.17, 15) is 18.0 Å². The second-order valence-electron chi connectivity index (χ2n) is 7.98. The number of amides is 2. The van der Waals surface area contributed by atoms with Crippen molar-refractivity contribution < 1.29 is 18.0 Å². The minimum atomic E-state index is -3.80. The van der Waals surface area contributed by atoms with Gasteiger partial charge in [-0.25, -0.2) is 8.42 Å². The Bertz CT molecular complexity index is 1100. The molecule has 33 heavy (non-hydrogen) atoms. The van der Waals surface area contributed by atoms with Crippen LogP contribution in [0, 0.1) is 13.8 Å². The summed E-state index contributed by atoms with van der Waals surface area (Å²) in [5.41, 5.74) is 2.77. The van der Waals surface area contributed by atoms with E-state index < -0.39 is 28.5 Å². The molecule has 1 atom stereocenters. The average Bonchev–Trinajstić information content (AvgIpc) is 2.73. The SMILES string of the molecule is CCNC(=O)[C@H](CC)N(Cc1cccc(C)c1)C(=O)CN(c1cccc(Cl)c1C)S(C)(=O)=O. The number of anilines is 1. The van der Waals surface area contributed by atoms with E-state index >= 15 is 0 Å². The Labute approximate surface area is 201 Å². The Hall–Kier alpha value is -2.58. The number of nitrogens with zero attached hydrogens (tertiary/aromatic N) is 2. The van der Waals surface area contributed by atoms with Gasteiger partial charge >= 0.3 is 0 Å². The van der Waals surface area contributed by atoms with E-state index in [0.29, 0.717) is 29.2 Å². The Morgan fingerprint density at radius 1 is 1.09 bits per heavy atom. The number of hydrogen-bond acceptors (Lipinski definition) is 4. The smallest absolute Gasteiger partial charge is 0.244 e. The highest BCUT2D eigenvalue weighted by atomic mass is 35.5. The van der Waals surface area contributed by atoms with Crippen molar-refractivity contribution in [1.29, 1.82) is 0 Å². The van der Waals surface area contributed by atoms with E-state index in [1.165, 1.54) is 4.90 Å². The first-order valence-corrected chi connectivity index (χ1v) is 13.1. The van der Waals surface area contributed by atoms with Gasteiger partial charge in [0.05, 0.1) is 11.9 Å². The van der Waals surface area contributed by atoms with Crippen LogP contribution in [0.4, 0.5) is 5.69 Å². The molecule has 0 spiro atoms. The molecule has 0 unspecified atom stereocenters. The Kier molecular flexibility index (Phi) is 9.31. The molecule has 0 aliphatic carbocycles. The standard InChI is InChI=1S/C24H32ClN3O4S/c1-6-21(24(30)26-7-2)27(15-19-11-8-10-17(3)14-19)23(29)16-28(33(5,31)32)22-13-9-12-20(25)18(22)4/h8-14,21H,6-7,15-16H2,1-5H3,(H,26,30)/t21-/m0/s1. The van der Waals surface area contributed by atoms with Crippen LogP contribution in [0.15, 0.2) is 42.5 Å². The number of carbonyl (C=O) groups is 2. The Morgan fingerprint density at radius 3 is 2.33 bits per heavy atom. The Balaban J connectivity index is 2.48. The summed E-state index contributed by atoms with van der Waals surface area (Å²) < 4.78 is 26.4. The quantitative estimate of drug-likeness (QED) is 0.547. The summed E-state index contributed by atoms with van der Waals surface area (Å²) in [4.78, 5) is 27.8. The van der Waals surface area contributed by atoms with Gasteiger partial charge in [0.15, 0.2) is 0 Å². The first-order chi connectivity index (χ1) is 15.5. The third-order valence-electron chi connectivity index (χ3n) is 5.36. The molecule has 0 saturated carbocycles. The van der Waals surface area contributed by atoms with E-state index in [2.05, 4.69) is 5.32 Å². The van der Waals surface area contributed by atoms with Gasteiger partial charge in [-0.05, 0) is 50.5 Å². The summed E-state index contributed by atoms with van der Waals surface area (Å²) >= 11 is 6.21. The number of halogens is 1. The van der Waals surface area contributed by atoms with Gasteiger partial charge < -0.3 is 10.2 Å². The third-order valence-corrected chi connectivity index (χ3v) is 6.90. The maximum absolute atomic E-state index is 13.6. The number of carbonyl (C=O) groups excluding carboxylic acids is 2.